The summed E-state index contributed by atoms with van der Waals surface area (Å²) in [6, 6.07) is 7.98. The summed E-state index contributed by atoms with van der Waals surface area (Å²) in [7, 11) is 3.57. The lowest BCUT2D eigenvalue weighted by Gasteiger charge is -2.18. The average molecular weight is 309 g/mol. The number of methoxy groups -OCH3 is 1. The third-order valence-corrected chi connectivity index (χ3v) is 4.09. The minimum absolute atomic E-state index is 0.0496. The van der Waals surface area contributed by atoms with E-state index in [9.17, 15) is 0 Å². The van der Waals surface area contributed by atoms with Crippen molar-refractivity contribution in [2.45, 2.75) is 25.8 Å². The maximum atomic E-state index is 6.30. The van der Waals surface area contributed by atoms with Gasteiger partial charge in [-0.15, -0.1) is 0 Å². The van der Waals surface area contributed by atoms with E-state index in [2.05, 4.69) is 10.5 Å². The van der Waals surface area contributed by atoms with Crippen LogP contribution in [0.1, 0.15) is 17.0 Å². The first-order valence-corrected chi connectivity index (χ1v) is 7.20. The van der Waals surface area contributed by atoms with Gasteiger partial charge in [0.25, 0.3) is 0 Å². The Morgan fingerprint density at radius 3 is 2.67 bits per heavy atom. The number of hydrazine groups is 1. The van der Waals surface area contributed by atoms with Crippen LogP contribution >= 0.6 is 11.6 Å². The number of nitrogens with two attached hydrogens (primary N) is 1. The van der Waals surface area contributed by atoms with Gasteiger partial charge in [-0.2, -0.15) is 5.10 Å². The molecule has 3 N–H and O–H groups in total. The number of ether oxygens (including phenoxy) is 1. The molecule has 21 heavy (non-hydrogen) atoms. The van der Waals surface area contributed by atoms with Crippen molar-refractivity contribution in [2.24, 2.45) is 12.9 Å². The Labute approximate surface area is 130 Å². The Kier molecular flexibility index (Phi) is 5.22. The fourth-order valence-electron chi connectivity index (χ4n) is 2.46. The first kappa shape index (κ1) is 15.8. The molecule has 1 aromatic heterocycles. The van der Waals surface area contributed by atoms with Crippen LogP contribution < -0.4 is 16.0 Å². The summed E-state index contributed by atoms with van der Waals surface area (Å²) in [5.41, 5.74) is 5.78. The molecular formula is C15H21ClN4O. The number of halogens is 1. The van der Waals surface area contributed by atoms with Crippen molar-refractivity contribution in [3.05, 3.63) is 46.2 Å². The Bertz CT molecular complexity index is 612. The molecule has 0 saturated carbocycles. The molecular weight excluding hydrogens is 288 g/mol. The van der Waals surface area contributed by atoms with Gasteiger partial charge in [0.05, 0.1) is 23.5 Å². The van der Waals surface area contributed by atoms with E-state index < -0.39 is 0 Å². The van der Waals surface area contributed by atoms with Crippen LogP contribution in [0.2, 0.25) is 5.02 Å². The Balaban J connectivity index is 2.17. The molecule has 0 radical (unpaired) electrons. The Morgan fingerprint density at radius 2 is 2.10 bits per heavy atom. The van der Waals surface area contributed by atoms with Crippen molar-refractivity contribution in [1.29, 1.82) is 0 Å². The number of para-hydroxylation sites is 1. The molecule has 1 unspecified atom stereocenters. The highest BCUT2D eigenvalue weighted by Crippen LogP contribution is 2.23. The van der Waals surface area contributed by atoms with Crippen molar-refractivity contribution in [3.63, 3.8) is 0 Å². The Morgan fingerprint density at radius 1 is 1.38 bits per heavy atom. The van der Waals surface area contributed by atoms with E-state index in [1.165, 1.54) is 0 Å². The van der Waals surface area contributed by atoms with Crippen LogP contribution in [-0.2, 0) is 19.9 Å². The smallest absolute Gasteiger partial charge is 0.122 e. The molecule has 5 nitrogen and oxygen atoms in total. The molecule has 0 saturated heterocycles. The minimum Gasteiger partial charge on any atom is -0.496 e. The molecule has 0 bridgehead atoms. The summed E-state index contributed by atoms with van der Waals surface area (Å²) in [6.45, 7) is 1.90. The second kappa shape index (κ2) is 6.93. The zero-order chi connectivity index (χ0) is 15.4. The molecule has 1 heterocycles. The normalized spacial score (nSPS) is 12.4. The zero-order valence-electron chi connectivity index (χ0n) is 12.6. The second-order valence-electron chi connectivity index (χ2n) is 5.05. The lowest BCUT2D eigenvalue weighted by atomic mass is 10.0. The van der Waals surface area contributed by atoms with Crippen LogP contribution in [0.25, 0.3) is 0 Å². The molecule has 0 aliphatic rings. The molecule has 0 spiro atoms. The van der Waals surface area contributed by atoms with Crippen LogP contribution in [-0.4, -0.2) is 22.9 Å². The third-order valence-electron chi connectivity index (χ3n) is 3.60. The van der Waals surface area contributed by atoms with E-state index >= 15 is 0 Å². The van der Waals surface area contributed by atoms with E-state index in [1.54, 1.807) is 7.11 Å². The van der Waals surface area contributed by atoms with Crippen molar-refractivity contribution < 1.29 is 4.74 Å². The van der Waals surface area contributed by atoms with Gasteiger partial charge in [-0.05, 0) is 25.0 Å². The zero-order valence-corrected chi connectivity index (χ0v) is 13.3. The quantitative estimate of drug-likeness (QED) is 0.633. The van der Waals surface area contributed by atoms with Gasteiger partial charge in [-0.25, -0.2) is 0 Å². The molecule has 1 atom stereocenters. The monoisotopic (exact) mass is 308 g/mol. The van der Waals surface area contributed by atoms with Crippen LogP contribution in [0, 0.1) is 6.92 Å². The van der Waals surface area contributed by atoms with Crippen LogP contribution in [0.3, 0.4) is 0 Å². The number of nitrogens with zero attached hydrogens (tertiary/aromatic N) is 2. The summed E-state index contributed by atoms with van der Waals surface area (Å²) in [5.74, 6) is 6.57. The highest BCUT2D eigenvalue weighted by Gasteiger charge is 2.18. The van der Waals surface area contributed by atoms with Crippen molar-refractivity contribution in [2.75, 3.05) is 7.11 Å². The van der Waals surface area contributed by atoms with Gasteiger partial charge in [-0.3, -0.25) is 16.0 Å². The van der Waals surface area contributed by atoms with Crippen LogP contribution in [0.5, 0.6) is 5.75 Å². The number of hydrogen-bond donors (Lipinski definition) is 2. The van der Waals surface area contributed by atoms with E-state index in [1.807, 2.05) is 42.9 Å². The minimum atomic E-state index is 0.0496. The summed E-state index contributed by atoms with van der Waals surface area (Å²) >= 11 is 6.30. The van der Waals surface area contributed by atoms with Crippen LogP contribution in [0.4, 0.5) is 0 Å². The van der Waals surface area contributed by atoms with Crippen molar-refractivity contribution >= 4 is 11.6 Å². The number of nitrogens with one attached hydrogen (secondary N) is 1. The van der Waals surface area contributed by atoms with Gasteiger partial charge in [0.15, 0.2) is 0 Å². The molecule has 0 fully saturated rings. The highest BCUT2D eigenvalue weighted by molar-refractivity contribution is 6.31. The SMILES string of the molecule is COc1ccccc1CC(Cc1c(Cl)c(C)nn1C)NN. The van der Waals surface area contributed by atoms with E-state index in [0.29, 0.717) is 11.4 Å². The average Bonchev–Trinajstić information content (AvgIpc) is 2.73. The maximum absolute atomic E-state index is 6.30. The third kappa shape index (κ3) is 3.56. The van der Waals surface area contributed by atoms with E-state index in [0.717, 1.165) is 29.1 Å². The molecule has 1 aromatic carbocycles. The lowest BCUT2D eigenvalue weighted by molar-refractivity contribution is 0.404. The van der Waals surface area contributed by atoms with Gasteiger partial charge in [0.2, 0.25) is 0 Å². The van der Waals surface area contributed by atoms with Gasteiger partial charge < -0.3 is 4.74 Å². The molecule has 2 rings (SSSR count). The first-order valence-electron chi connectivity index (χ1n) is 6.82. The van der Waals surface area contributed by atoms with Gasteiger partial charge in [0.1, 0.15) is 5.75 Å². The van der Waals surface area contributed by atoms with Crippen LogP contribution in [0.15, 0.2) is 24.3 Å². The second-order valence-corrected chi connectivity index (χ2v) is 5.43. The fraction of sp³-hybridized carbons (Fsp3) is 0.400. The number of aryl methyl sites for hydroxylation is 2. The fourth-order valence-corrected chi connectivity index (χ4v) is 2.70. The molecule has 114 valence electrons. The number of hydrogen-bond acceptors (Lipinski definition) is 4. The standard InChI is InChI=1S/C15H21ClN4O/c1-10-15(16)13(20(2)19-10)9-12(18-17)8-11-6-4-5-7-14(11)21-3/h4-7,12,18H,8-9,17H2,1-3H3. The van der Waals surface area contributed by atoms with Gasteiger partial charge in [0, 0.05) is 19.5 Å². The Hall–Kier alpha value is -1.56. The topological polar surface area (TPSA) is 65.1 Å². The maximum Gasteiger partial charge on any atom is 0.122 e. The van der Waals surface area contributed by atoms with Gasteiger partial charge >= 0.3 is 0 Å². The van der Waals surface area contributed by atoms with E-state index in [-0.39, 0.29) is 6.04 Å². The summed E-state index contributed by atoms with van der Waals surface area (Å²) in [4.78, 5) is 0. The van der Waals surface area contributed by atoms with Gasteiger partial charge in [-0.1, -0.05) is 29.8 Å². The summed E-state index contributed by atoms with van der Waals surface area (Å²) in [5, 5.41) is 5.04. The number of aromatic nitrogens is 2. The van der Waals surface area contributed by atoms with Crippen molar-refractivity contribution in [3.8, 4) is 5.75 Å². The van der Waals surface area contributed by atoms with E-state index in [4.69, 9.17) is 22.2 Å². The number of benzene rings is 1. The number of rotatable bonds is 6. The molecule has 0 aliphatic heterocycles. The first-order chi connectivity index (χ1) is 10.1. The predicted molar refractivity (Wildman–Crippen MR) is 84.5 cm³/mol. The highest BCUT2D eigenvalue weighted by atomic mass is 35.5. The molecule has 0 amide bonds. The molecule has 6 heteroatoms. The lowest BCUT2D eigenvalue weighted by Crippen LogP contribution is -2.39. The largest absolute Gasteiger partial charge is 0.496 e. The summed E-state index contributed by atoms with van der Waals surface area (Å²) in [6.07, 6.45) is 1.45. The van der Waals surface area contributed by atoms with Crippen molar-refractivity contribution in [1.82, 2.24) is 15.2 Å². The summed E-state index contributed by atoms with van der Waals surface area (Å²) < 4.78 is 7.19. The molecule has 0 aliphatic carbocycles. The predicted octanol–water partition coefficient (Wildman–Crippen LogP) is 2.01. The molecule has 2 aromatic rings.